The monoisotopic (exact) mass is 270 g/mol. The van der Waals surface area contributed by atoms with E-state index in [1.807, 2.05) is 48.5 Å². The van der Waals surface area contributed by atoms with Crippen molar-refractivity contribution in [1.82, 2.24) is 0 Å². The molecule has 0 bridgehead atoms. The van der Waals surface area contributed by atoms with Crippen molar-refractivity contribution in [3.63, 3.8) is 0 Å². The number of aliphatic imine (C=N–C) groups is 1. The SMILES string of the molecule is COc1ccc(C=Nc2ccc(C(N)=S)cc2)cc1. The maximum Gasteiger partial charge on any atom is 0.118 e. The molecule has 0 aromatic heterocycles. The Morgan fingerprint density at radius 3 is 2.26 bits per heavy atom. The Morgan fingerprint density at radius 2 is 1.74 bits per heavy atom. The number of ether oxygens (including phenoxy) is 1. The van der Waals surface area contributed by atoms with Crippen LogP contribution in [0.1, 0.15) is 11.1 Å². The van der Waals surface area contributed by atoms with Crippen LogP contribution >= 0.6 is 12.2 Å². The minimum Gasteiger partial charge on any atom is -0.497 e. The van der Waals surface area contributed by atoms with Gasteiger partial charge in [0.15, 0.2) is 0 Å². The minimum absolute atomic E-state index is 0.394. The summed E-state index contributed by atoms with van der Waals surface area (Å²) in [7, 11) is 1.65. The van der Waals surface area contributed by atoms with Gasteiger partial charge >= 0.3 is 0 Å². The van der Waals surface area contributed by atoms with Crippen molar-refractivity contribution in [3.05, 3.63) is 59.7 Å². The van der Waals surface area contributed by atoms with Crippen molar-refractivity contribution in [2.24, 2.45) is 10.7 Å². The minimum atomic E-state index is 0.394. The number of methoxy groups -OCH3 is 1. The number of benzene rings is 2. The summed E-state index contributed by atoms with van der Waals surface area (Å²) in [4.78, 5) is 4.78. The van der Waals surface area contributed by atoms with Gasteiger partial charge in [-0.3, -0.25) is 4.99 Å². The summed E-state index contributed by atoms with van der Waals surface area (Å²) in [5.41, 5.74) is 8.25. The highest BCUT2D eigenvalue weighted by molar-refractivity contribution is 7.80. The molecule has 2 aromatic carbocycles. The molecule has 0 aliphatic carbocycles. The van der Waals surface area contributed by atoms with Gasteiger partial charge in [0, 0.05) is 11.8 Å². The van der Waals surface area contributed by atoms with Gasteiger partial charge in [-0.25, -0.2) is 0 Å². The maximum absolute atomic E-state index is 5.54. The second kappa shape index (κ2) is 6.11. The van der Waals surface area contributed by atoms with Crippen LogP contribution in [0, 0.1) is 0 Å². The summed E-state index contributed by atoms with van der Waals surface area (Å²) < 4.78 is 5.10. The zero-order valence-corrected chi connectivity index (χ0v) is 11.4. The molecular formula is C15H14N2OS. The van der Waals surface area contributed by atoms with Gasteiger partial charge in [0.1, 0.15) is 10.7 Å². The Balaban J connectivity index is 2.10. The number of hydrogen-bond donors (Lipinski definition) is 1. The first-order valence-corrected chi connectivity index (χ1v) is 6.18. The molecule has 0 heterocycles. The molecule has 0 unspecified atom stereocenters. The number of hydrogen-bond acceptors (Lipinski definition) is 3. The third-order valence-corrected chi connectivity index (χ3v) is 2.87. The van der Waals surface area contributed by atoms with Gasteiger partial charge in [-0.1, -0.05) is 12.2 Å². The highest BCUT2D eigenvalue weighted by Crippen LogP contribution is 2.14. The lowest BCUT2D eigenvalue weighted by Gasteiger charge is -2.00. The van der Waals surface area contributed by atoms with Crippen molar-refractivity contribution in [2.45, 2.75) is 0 Å². The first-order valence-electron chi connectivity index (χ1n) is 5.77. The fraction of sp³-hybridized carbons (Fsp3) is 0.0667. The first-order chi connectivity index (χ1) is 9.19. The molecule has 0 spiro atoms. The fourth-order valence-electron chi connectivity index (χ4n) is 1.55. The van der Waals surface area contributed by atoms with E-state index in [4.69, 9.17) is 22.7 Å². The van der Waals surface area contributed by atoms with E-state index in [2.05, 4.69) is 4.99 Å². The van der Waals surface area contributed by atoms with E-state index in [1.165, 1.54) is 0 Å². The van der Waals surface area contributed by atoms with Gasteiger partial charge in [0.05, 0.1) is 12.8 Å². The van der Waals surface area contributed by atoms with Crippen LogP contribution in [-0.4, -0.2) is 18.3 Å². The van der Waals surface area contributed by atoms with Gasteiger partial charge in [-0.2, -0.15) is 0 Å². The van der Waals surface area contributed by atoms with Gasteiger partial charge in [-0.05, 0) is 54.1 Å². The lowest BCUT2D eigenvalue weighted by molar-refractivity contribution is 0.415. The predicted octanol–water partition coefficient (Wildman–Crippen LogP) is 3.08. The molecule has 4 heteroatoms. The molecule has 96 valence electrons. The summed E-state index contributed by atoms with van der Waals surface area (Å²) in [6.07, 6.45) is 1.80. The summed E-state index contributed by atoms with van der Waals surface area (Å²) in [5, 5.41) is 0. The molecule has 2 N–H and O–H groups in total. The second-order valence-electron chi connectivity index (χ2n) is 3.94. The fourth-order valence-corrected chi connectivity index (χ4v) is 1.69. The maximum atomic E-state index is 5.54. The van der Waals surface area contributed by atoms with E-state index in [-0.39, 0.29) is 0 Å². The third-order valence-electron chi connectivity index (χ3n) is 2.63. The summed E-state index contributed by atoms with van der Waals surface area (Å²) in [6.45, 7) is 0. The highest BCUT2D eigenvalue weighted by atomic mass is 32.1. The number of rotatable bonds is 4. The van der Waals surface area contributed by atoms with Crippen LogP contribution < -0.4 is 10.5 Å². The van der Waals surface area contributed by atoms with E-state index >= 15 is 0 Å². The van der Waals surface area contributed by atoms with Crippen LogP contribution in [0.3, 0.4) is 0 Å². The van der Waals surface area contributed by atoms with Crippen LogP contribution in [-0.2, 0) is 0 Å². The van der Waals surface area contributed by atoms with Crippen LogP contribution in [0.4, 0.5) is 5.69 Å². The Morgan fingerprint density at radius 1 is 1.11 bits per heavy atom. The van der Waals surface area contributed by atoms with Crippen LogP contribution in [0.5, 0.6) is 5.75 Å². The van der Waals surface area contributed by atoms with Gasteiger partial charge in [-0.15, -0.1) is 0 Å². The Bertz CT molecular complexity index is 589. The molecule has 0 fully saturated rings. The van der Waals surface area contributed by atoms with Crippen molar-refractivity contribution in [1.29, 1.82) is 0 Å². The van der Waals surface area contributed by atoms with E-state index in [1.54, 1.807) is 13.3 Å². The van der Waals surface area contributed by atoms with Gasteiger partial charge in [0.2, 0.25) is 0 Å². The van der Waals surface area contributed by atoms with Crippen LogP contribution in [0.25, 0.3) is 0 Å². The molecule has 0 atom stereocenters. The van der Waals surface area contributed by atoms with E-state index < -0.39 is 0 Å². The molecule has 0 aliphatic rings. The zero-order valence-electron chi connectivity index (χ0n) is 10.5. The standard InChI is InChI=1S/C15H14N2OS/c1-18-14-8-2-11(3-9-14)10-17-13-6-4-12(5-7-13)15(16)19/h2-10H,1H3,(H2,16,19). The molecule has 0 saturated heterocycles. The van der Waals surface area contributed by atoms with Crippen LogP contribution in [0.2, 0.25) is 0 Å². The molecule has 19 heavy (non-hydrogen) atoms. The smallest absolute Gasteiger partial charge is 0.118 e. The molecule has 3 nitrogen and oxygen atoms in total. The zero-order chi connectivity index (χ0) is 13.7. The molecule has 2 aromatic rings. The summed E-state index contributed by atoms with van der Waals surface area (Å²) >= 11 is 4.90. The Hall–Kier alpha value is -2.20. The van der Waals surface area contributed by atoms with E-state index in [9.17, 15) is 0 Å². The van der Waals surface area contributed by atoms with Crippen molar-refractivity contribution >= 4 is 29.1 Å². The average Bonchev–Trinajstić information content (AvgIpc) is 2.46. The lowest BCUT2D eigenvalue weighted by atomic mass is 10.2. The van der Waals surface area contributed by atoms with Crippen molar-refractivity contribution < 1.29 is 4.74 Å². The first kappa shape index (κ1) is 13.2. The topological polar surface area (TPSA) is 47.6 Å². The van der Waals surface area contributed by atoms with Crippen molar-refractivity contribution in [2.75, 3.05) is 7.11 Å². The summed E-state index contributed by atoms with van der Waals surface area (Å²) in [6, 6.07) is 15.2. The summed E-state index contributed by atoms with van der Waals surface area (Å²) in [5.74, 6) is 0.831. The normalized spacial score (nSPS) is 10.6. The van der Waals surface area contributed by atoms with Gasteiger partial charge in [0.25, 0.3) is 0 Å². The number of thiocarbonyl (C=S) groups is 1. The third kappa shape index (κ3) is 3.63. The molecule has 2 rings (SSSR count). The molecule has 0 amide bonds. The highest BCUT2D eigenvalue weighted by Gasteiger charge is 1.95. The lowest BCUT2D eigenvalue weighted by Crippen LogP contribution is -2.08. The van der Waals surface area contributed by atoms with E-state index in [0.717, 1.165) is 22.6 Å². The van der Waals surface area contributed by atoms with E-state index in [0.29, 0.717) is 4.99 Å². The Labute approximate surface area is 117 Å². The number of nitrogens with zero attached hydrogens (tertiary/aromatic N) is 1. The Kier molecular flexibility index (Phi) is 4.26. The largest absolute Gasteiger partial charge is 0.497 e. The molecule has 0 aliphatic heterocycles. The van der Waals surface area contributed by atoms with Crippen LogP contribution in [0.15, 0.2) is 53.5 Å². The number of nitrogens with two attached hydrogens (primary N) is 1. The van der Waals surface area contributed by atoms with Gasteiger partial charge < -0.3 is 10.5 Å². The predicted molar refractivity (Wildman–Crippen MR) is 82.6 cm³/mol. The molecular weight excluding hydrogens is 256 g/mol. The molecule has 0 radical (unpaired) electrons. The molecule has 0 saturated carbocycles. The quantitative estimate of drug-likeness (QED) is 0.686. The second-order valence-corrected chi connectivity index (χ2v) is 4.38. The van der Waals surface area contributed by atoms with Crippen molar-refractivity contribution in [3.8, 4) is 5.75 Å². The average molecular weight is 270 g/mol.